The van der Waals surface area contributed by atoms with Crippen molar-refractivity contribution >= 4 is 15.9 Å². The van der Waals surface area contributed by atoms with Crippen molar-refractivity contribution in [2.24, 2.45) is 5.92 Å². The van der Waals surface area contributed by atoms with Gasteiger partial charge in [-0.25, -0.2) is 4.39 Å². The minimum Gasteiger partial charge on any atom is -0.393 e. The highest BCUT2D eigenvalue weighted by Gasteiger charge is 2.22. The molecule has 0 bridgehead atoms. The summed E-state index contributed by atoms with van der Waals surface area (Å²) in [6, 6.07) is 4.80. The minimum atomic E-state index is -0.220. The van der Waals surface area contributed by atoms with Crippen LogP contribution >= 0.6 is 15.9 Å². The summed E-state index contributed by atoms with van der Waals surface area (Å²) in [6.07, 6.45) is 6.16. The maximum Gasteiger partial charge on any atom is 0.124 e. The average Bonchev–Trinajstić information content (AvgIpc) is 2.48. The first kappa shape index (κ1) is 13.0. The Kier molecular flexibility index (Phi) is 4.57. The molecule has 2 atom stereocenters. The van der Waals surface area contributed by atoms with Crippen LogP contribution in [-0.2, 0) is 6.42 Å². The van der Waals surface area contributed by atoms with Crippen molar-refractivity contribution in [2.75, 3.05) is 0 Å². The summed E-state index contributed by atoms with van der Waals surface area (Å²) < 4.78 is 13.8. The Morgan fingerprint density at radius 1 is 1.24 bits per heavy atom. The van der Waals surface area contributed by atoms with Crippen LogP contribution < -0.4 is 0 Å². The Morgan fingerprint density at radius 3 is 2.76 bits per heavy atom. The zero-order valence-electron chi connectivity index (χ0n) is 9.83. The van der Waals surface area contributed by atoms with Crippen molar-refractivity contribution in [1.29, 1.82) is 0 Å². The van der Waals surface area contributed by atoms with E-state index in [9.17, 15) is 9.50 Å². The zero-order chi connectivity index (χ0) is 12.3. The SMILES string of the molecule is OC1CCCCCC1Cc1ccc(F)cc1Br. The number of aliphatic hydroxyl groups is 1. The number of aliphatic hydroxyl groups excluding tert-OH is 1. The molecule has 1 aliphatic rings. The summed E-state index contributed by atoms with van der Waals surface area (Å²) in [5.74, 6) is 0.0984. The van der Waals surface area contributed by atoms with Crippen molar-refractivity contribution in [1.82, 2.24) is 0 Å². The second-order valence-corrected chi connectivity index (χ2v) is 5.76. The lowest BCUT2D eigenvalue weighted by Crippen LogP contribution is -2.21. The standard InChI is InChI=1S/C14H18BrFO/c15-13-9-12(16)7-6-10(13)8-11-4-2-1-3-5-14(11)17/h6-7,9,11,14,17H,1-5,8H2. The molecule has 1 aromatic rings. The first-order valence-corrected chi connectivity index (χ1v) is 7.08. The highest BCUT2D eigenvalue weighted by atomic mass is 79.9. The molecule has 94 valence electrons. The Labute approximate surface area is 110 Å². The number of rotatable bonds is 2. The molecule has 0 radical (unpaired) electrons. The molecule has 1 saturated carbocycles. The fraction of sp³-hybridized carbons (Fsp3) is 0.571. The van der Waals surface area contributed by atoms with Crippen LogP contribution in [0, 0.1) is 11.7 Å². The molecular formula is C14H18BrFO. The molecule has 0 aliphatic heterocycles. The van der Waals surface area contributed by atoms with E-state index in [0.29, 0.717) is 5.92 Å². The lowest BCUT2D eigenvalue weighted by molar-refractivity contribution is 0.101. The van der Waals surface area contributed by atoms with Crippen molar-refractivity contribution < 1.29 is 9.50 Å². The molecular weight excluding hydrogens is 283 g/mol. The molecule has 0 spiro atoms. The Bertz CT molecular complexity index is 380. The first-order valence-electron chi connectivity index (χ1n) is 6.29. The van der Waals surface area contributed by atoms with Crippen LogP contribution in [0.3, 0.4) is 0 Å². The quantitative estimate of drug-likeness (QED) is 0.816. The molecule has 1 nitrogen and oxygen atoms in total. The van der Waals surface area contributed by atoms with Gasteiger partial charge in [-0.3, -0.25) is 0 Å². The zero-order valence-corrected chi connectivity index (χ0v) is 11.4. The van der Waals surface area contributed by atoms with Gasteiger partial charge >= 0.3 is 0 Å². The van der Waals surface area contributed by atoms with Gasteiger partial charge in [-0.1, -0.05) is 41.3 Å². The van der Waals surface area contributed by atoms with Crippen molar-refractivity contribution in [3.05, 3.63) is 34.1 Å². The van der Waals surface area contributed by atoms with Gasteiger partial charge in [0.2, 0.25) is 0 Å². The molecule has 0 saturated heterocycles. The van der Waals surface area contributed by atoms with E-state index in [2.05, 4.69) is 15.9 Å². The molecule has 0 heterocycles. The monoisotopic (exact) mass is 300 g/mol. The maximum absolute atomic E-state index is 13.0. The van der Waals surface area contributed by atoms with E-state index in [4.69, 9.17) is 0 Å². The van der Waals surface area contributed by atoms with E-state index >= 15 is 0 Å². The normalized spacial score (nSPS) is 25.6. The van der Waals surface area contributed by atoms with E-state index in [-0.39, 0.29) is 11.9 Å². The third kappa shape index (κ3) is 3.52. The van der Waals surface area contributed by atoms with Gasteiger partial charge in [0.15, 0.2) is 0 Å². The van der Waals surface area contributed by atoms with Crippen LogP contribution in [0.4, 0.5) is 4.39 Å². The smallest absolute Gasteiger partial charge is 0.124 e. The Hall–Kier alpha value is -0.410. The minimum absolute atomic E-state index is 0.200. The number of hydrogen-bond acceptors (Lipinski definition) is 1. The number of benzene rings is 1. The molecule has 1 aliphatic carbocycles. The summed E-state index contributed by atoms with van der Waals surface area (Å²) in [6.45, 7) is 0. The highest BCUT2D eigenvalue weighted by Crippen LogP contribution is 2.29. The van der Waals surface area contributed by atoms with Gasteiger partial charge in [0.05, 0.1) is 6.10 Å². The lowest BCUT2D eigenvalue weighted by Gasteiger charge is -2.20. The lowest BCUT2D eigenvalue weighted by atomic mass is 9.90. The third-order valence-electron chi connectivity index (χ3n) is 3.62. The summed E-state index contributed by atoms with van der Waals surface area (Å²) in [4.78, 5) is 0. The van der Waals surface area contributed by atoms with Crippen LogP contribution in [0.25, 0.3) is 0 Å². The molecule has 3 heteroatoms. The van der Waals surface area contributed by atoms with Crippen molar-refractivity contribution in [3.63, 3.8) is 0 Å². The van der Waals surface area contributed by atoms with Crippen LogP contribution in [-0.4, -0.2) is 11.2 Å². The molecule has 2 unspecified atom stereocenters. The summed E-state index contributed by atoms with van der Waals surface area (Å²) in [5.41, 5.74) is 1.09. The van der Waals surface area contributed by atoms with E-state index in [1.807, 2.05) is 6.07 Å². The average molecular weight is 301 g/mol. The summed E-state index contributed by atoms with van der Waals surface area (Å²) in [5, 5.41) is 10.1. The topological polar surface area (TPSA) is 20.2 Å². The first-order chi connectivity index (χ1) is 8.16. The van der Waals surface area contributed by atoms with E-state index < -0.39 is 0 Å². The van der Waals surface area contributed by atoms with Crippen molar-refractivity contribution in [3.8, 4) is 0 Å². The predicted molar refractivity (Wildman–Crippen MR) is 70.4 cm³/mol. The van der Waals surface area contributed by atoms with E-state index in [1.54, 1.807) is 0 Å². The molecule has 1 N–H and O–H groups in total. The molecule has 0 amide bonds. The Balaban J connectivity index is 2.08. The fourth-order valence-electron chi connectivity index (χ4n) is 2.57. The van der Waals surface area contributed by atoms with Gasteiger partial charge in [0.1, 0.15) is 5.82 Å². The number of hydrogen-bond donors (Lipinski definition) is 1. The van der Waals surface area contributed by atoms with Gasteiger partial charge in [0, 0.05) is 4.47 Å². The van der Waals surface area contributed by atoms with Gasteiger partial charge < -0.3 is 5.11 Å². The van der Waals surface area contributed by atoms with E-state index in [1.165, 1.54) is 25.0 Å². The van der Waals surface area contributed by atoms with Crippen LogP contribution in [0.5, 0.6) is 0 Å². The second-order valence-electron chi connectivity index (χ2n) is 4.91. The summed E-state index contributed by atoms with van der Waals surface area (Å²) >= 11 is 3.39. The highest BCUT2D eigenvalue weighted by molar-refractivity contribution is 9.10. The molecule has 2 rings (SSSR count). The second kappa shape index (κ2) is 5.96. The predicted octanol–water partition coefficient (Wildman–Crippen LogP) is 4.07. The van der Waals surface area contributed by atoms with Gasteiger partial charge in [-0.05, 0) is 42.9 Å². The maximum atomic E-state index is 13.0. The molecule has 1 fully saturated rings. The van der Waals surface area contributed by atoms with Crippen LogP contribution in [0.2, 0.25) is 0 Å². The molecule has 0 aromatic heterocycles. The van der Waals surface area contributed by atoms with Crippen LogP contribution in [0.1, 0.15) is 37.7 Å². The van der Waals surface area contributed by atoms with E-state index in [0.717, 1.165) is 35.7 Å². The van der Waals surface area contributed by atoms with Gasteiger partial charge in [0.25, 0.3) is 0 Å². The van der Waals surface area contributed by atoms with Gasteiger partial charge in [-0.15, -0.1) is 0 Å². The van der Waals surface area contributed by atoms with Gasteiger partial charge in [-0.2, -0.15) is 0 Å². The third-order valence-corrected chi connectivity index (χ3v) is 4.35. The molecule has 17 heavy (non-hydrogen) atoms. The fourth-order valence-corrected chi connectivity index (χ4v) is 3.09. The number of halogens is 2. The Morgan fingerprint density at radius 2 is 2.00 bits per heavy atom. The largest absolute Gasteiger partial charge is 0.393 e. The molecule has 1 aromatic carbocycles. The van der Waals surface area contributed by atoms with Crippen LogP contribution in [0.15, 0.2) is 22.7 Å². The van der Waals surface area contributed by atoms with Crippen molar-refractivity contribution in [2.45, 2.75) is 44.6 Å². The summed E-state index contributed by atoms with van der Waals surface area (Å²) in [7, 11) is 0.